The molecule has 0 bridgehead atoms. The van der Waals surface area contributed by atoms with Crippen LogP contribution in [0.25, 0.3) is 11.3 Å². The van der Waals surface area contributed by atoms with Crippen molar-refractivity contribution >= 4 is 12.0 Å². The first-order chi connectivity index (χ1) is 13.0. The van der Waals surface area contributed by atoms with Crippen LogP contribution in [0.2, 0.25) is 0 Å². The number of amides is 2. The fraction of sp³-hybridized carbons (Fsp3) is 0.450. The fourth-order valence-electron chi connectivity index (χ4n) is 3.15. The van der Waals surface area contributed by atoms with E-state index >= 15 is 0 Å². The van der Waals surface area contributed by atoms with Crippen LogP contribution in [0.1, 0.15) is 30.2 Å². The summed E-state index contributed by atoms with van der Waals surface area (Å²) >= 11 is 0. The van der Waals surface area contributed by atoms with Gasteiger partial charge in [0.25, 0.3) is 0 Å². The Kier molecular flexibility index (Phi) is 5.78. The van der Waals surface area contributed by atoms with E-state index in [1.807, 2.05) is 10.7 Å². The molecule has 3 rings (SSSR count). The molecule has 0 saturated carbocycles. The molecule has 2 amide bonds. The average molecular weight is 370 g/mol. The number of fused-ring (bicyclic) bond motifs is 1. The van der Waals surface area contributed by atoms with Crippen molar-refractivity contribution in [3.8, 4) is 11.3 Å². The largest absolute Gasteiger partial charge is 0.465 e. The van der Waals surface area contributed by atoms with E-state index in [9.17, 15) is 9.59 Å². The second kappa shape index (κ2) is 8.24. The minimum atomic E-state index is -0.428. The molecule has 1 aromatic carbocycles. The van der Waals surface area contributed by atoms with E-state index in [2.05, 4.69) is 37.4 Å². The Morgan fingerprint density at radius 1 is 1.19 bits per heavy atom. The standard InChI is InChI=1S/C20H26N4O3/c1-4-27-19(25)12-21-20(26)23-8-5-9-24-17(13-23)11-18(22-24)16-7-6-14(2)15(3)10-16/h6-7,10-11H,4-5,8-9,12-13H2,1-3H3,(H,21,26). The summed E-state index contributed by atoms with van der Waals surface area (Å²) in [5.74, 6) is -0.428. The van der Waals surface area contributed by atoms with Crippen LogP contribution in [0.5, 0.6) is 0 Å². The van der Waals surface area contributed by atoms with E-state index < -0.39 is 5.97 Å². The Bertz CT molecular complexity index is 844. The molecule has 0 aliphatic carbocycles. The van der Waals surface area contributed by atoms with E-state index in [1.54, 1.807) is 11.8 Å². The molecule has 0 atom stereocenters. The SMILES string of the molecule is CCOC(=O)CNC(=O)N1CCCn2nc(-c3ccc(C)c(C)c3)cc2C1. The number of ether oxygens (including phenoxy) is 1. The van der Waals surface area contributed by atoms with Gasteiger partial charge in [-0.15, -0.1) is 0 Å². The molecule has 144 valence electrons. The van der Waals surface area contributed by atoms with E-state index in [-0.39, 0.29) is 12.6 Å². The molecule has 7 heteroatoms. The van der Waals surface area contributed by atoms with Crippen molar-refractivity contribution in [2.24, 2.45) is 0 Å². The van der Waals surface area contributed by atoms with Crippen LogP contribution in [0.3, 0.4) is 0 Å². The predicted molar refractivity (Wildman–Crippen MR) is 102 cm³/mol. The molecule has 0 spiro atoms. The van der Waals surface area contributed by atoms with Gasteiger partial charge in [-0.05, 0) is 50.5 Å². The van der Waals surface area contributed by atoms with Crippen LogP contribution in [0.4, 0.5) is 4.79 Å². The summed E-state index contributed by atoms with van der Waals surface area (Å²) in [5.41, 5.74) is 5.48. The molecule has 2 aromatic rings. The normalized spacial score (nSPS) is 13.7. The number of nitrogens with zero attached hydrogens (tertiary/aromatic N) is 3. The fourth-order valence-corrected chi connectivity index (χ4v) is 3.15. The third-order valence-electron chi connectivity index (χ3n) is 4.79. The zero-order valence-corrected chi connectivity index (χ0v) is 16.1. The molecule has 1 N–H and O–H groups in total. The molecule has 1 aromatic heterocycles. The second-order valence-corrected chi connectivity index (χ2v) is 6.78. The molecule has 27 heavy (non-hydrogen) atoms. The summed E-state index contributed by atoms with van der Waals surface area (Å²) in [6, 6.07) is 8.10. The first-order valence-corrected chi connectivity index (χ1v) is 9.30. The highest BCUT2D eigenvalue weighted by Crippen LogP contribution is 2.24. The van der Waals surface area contributed by atoms with Gasteiger partial charge in [-0.3, -0.25) is 9.48 Å². The topological polar surface area (TPSA) is 76.5 Å². The molecular formula is C20H26N4O3. The zero-order valence-electron chi connectivity index (χ0n) is 16.1. The van der Waals surface area contributed by atoms with Crippen molar-refractivity contribution in [3.05, 3.63) is 41.1 Å². The number of rotatable bonds is 4. The molecule has 0 unspecified atom stereocenters. The molecule has 0 fully saturated rings. The molecule has 2 heterocycles. The van der Waals surface area contributed by atoms with Gasteiger partial charge in [0.15, 0.2) is 0 Å². The lowest BCUT2D eigenvalue weighted by Crippen LogP contribution is -2.42. The Balaban J connectivity index is 1.71. The van der Waals surface area contributed by atoms with Gasteiger partial charge in [0.1, 0.15) is 6.54 Å². The quantitative estimate of drug-likeness (QED) is 0.840. The highest BCUT2D eigenvalue weighted by atomic mass is 16.5. The number of hydrogen-bond acceptors (Lipinski definition) is 4. The predicted octanol–water partition coefficient (Wildman–Crippen LogP) is 2.65. The molecule has 1 aliphatic rings. The third-order valence-corrected chi connectivity index (χ3v) is 4.79. The van der Waals surface area contributed by atoms with Gasteiger partial charge in [0, 0.05) is 18.7 Å². The highest BCUT2D eigenvalue weighted by Gasteiger charge is 2.21. The van der Waals surface area contributed by atoms with Gasteiger partial charge in [0.2, 0.25) is 0 Å². The number of nitrogens with one attached hydrogen (secondary N) is 1. The van der Waals surface area contributed by atoms with Crippen LogP contribution >= 0.6 is 0 Å². The minimum Gasteiger partial charge on any atom is -0.465 e. The van der Waals surface area contributed by atoms with E-state index in [0.29, 0.717) is 19.7 Å². The Labute approximate surface area is 159 Å². The van der Waals surface area contributed by atoms with Crippen LogP contribution in [-0.2, 0) is 22.6 Å². The van der Waals surface area contributed by atoms with E-state index in [1.165, 1.54) is 11.1 Å². The van der Waals surface area contributed by atoms with Crippen molar-refractivity contribution in [1.82, 2.24) is 20.0 Å². The van der Waals surface area contributed by atoms with Crippen molar-refractivity contribution in [1.29, 1.82) is 0 Å². The Morgan fingerprint density at radius 2 is 2.00 bits per heavy atom. The van der Waals surface area contributed by atoms with Crippen LogP contribution in [0.15, 0.2) is 24.3 Å². The maximum Gasteiger partial charge on any atom is 0.325 e. The first kappa shape index (κ1) is 18.9. The van der Waals surface area contributed by atoms with Crippen molar-refractivity contribution < 1.29 is 14.3 Å². The van der Waals surface area contributed by atoms with Crippen molar-refractivity contribution in [2.45, 2.75) is 40.3 Å². The number of hydrogen-bond donors (Lipinski definition) is 1. The van der Waals surface area contributed by atoms with E-state index in [4.69, 9.17) is 9.84 Å². The highest BCUT2D eigenvalue weighted by molar-refractivity contribution is 5.80. The number of urea groups is 1. The van der Waals surface area contributed by atoms with E-state index in [0.717, 1.165) is 29.9 Å². The molecule has 1 aliphatic heterocycles. The number of carbonyl (C=O) groups excluding carboxylic acids is 2. The summed E-state index contributed by atoms with van der Waals surface area (Å²) in [6.45, 7) is 7.97. The number of benzene rings is 1. The number of esters is 1. The van der Waals surface area contributed by atoms with Crippen molar-refractivity contribution in [2.75, 3.05) is 19.7 Å². The first-order valence-electron chi connectivity index (χ1n) is 9.30. The summed E-state index contributed by atoms with van der Waals surface area (Å²) in [5, 5.41) is 7.36. The lowest BCUT2D eigenvalue weighted by molar-refractivity contribution is -0.141. The number of carbonyl (C=O) groups is 2. The summed E-state index contributed by atoms with van der Waals surface area (Å²) in [6.07, 6.45) is 0.813. The van der Waals surface area contributed by atoms with Crippen LogP contribution < -0.4 is 5.32 Å². The van der Waals surface area contributed by atoms with Crippen LogP contribution in [0, 0.1) is 13.8 Å². The summed E-state index contributed by atoms with van der Waals surface area (Å²) < 4.78 is 6.82. The zero-order chi connectivity index (χ0) is 19.4. The summed E-state index contributed by atoms with van der Waals surface area (Å²) in [4.78, 5) is 25.6. The van der Waals surface area contributed by atoms with Gasteiger partial charge < -0.3 is 15.0 Å². The third kappa shape index (κ3) is 4.48. The van der Waals surface area contributed by atoms with Crippen LogP contribution in [-0.4, -0.2) is 46.4 Å². The maximum atomic E-state index is 12.4. The van der Waals surface area contributed by atoms with Gasteiger partial charge >= 0.3 is 12.0 Å². The van der Waals surface area contributed by atoms with Gasteiger partial charge in [-0.2, -0.15) is 5.10 Å². The van der Waals surface area contributed by atoms with Gasteiger partial charge in [0.05, 0.1) is 24.5 Å². The summed E-state index contributed by atoms with van der Waals surface area (Å²) in [7, 11) is 0. The number of aryl methyl sites for hydroxylation is 3. The molecule has 0 radical (unpaired) electrons. The number of aromatic nitrogens is 2. The molecule has 7 nitrogen and oxygen atoms in total. The second-order valence-electron chi connectivity index (χ2n) is 6.78. The smallest absolute Gasteiger partial charge is 0.325 e. The lowest BCUT2D eigenvalue weighted by Gasteiger charge is -2.20. The van der Waals surface area contributed by atoms with Gasteiger partial charge in [-0.1, -0.05) is 12.1 Å². The Hall–Kier alpha value is -2.83. The van der Waals surface area contributed by atoms with Crippen molar-refractivity contribution in [3.63, 3.8) is 0 Å². The lowest BCUT2D eigenvalue weighted by atomic mass is 10.0. The molecule has 0 saturated heterocycles. The minimum absolute atomic E-state index is 0.115. The maximum absolute atomic E-state index is 12.4. The Morgan fingerprint density at radius 3 is 2.74 bits per heavy atom. The monoisotopic (exact) mass is 370 g/mol. The average Bonchev–Trinajstić information content (AvgIpc) is 2.93. The van der Waals surface area contributed by atoms with Gasteiger partial charge in [-0.25, -0.2) is 4.79 Å². The molecular weight excluding hydrogens is 344 g/mol.